The van der Waals surface area contributed by atoms with Crippen LogP contribution >= 0.6 is 12.4 Å². The number of rotatable bonds is 13. The number of benzene rings is 4. The number of carbonyl (C=O) groups excluding carboxylic acids is 1. The summed E-state index contributed by atoms with van der Waals surface area (Å²) in [7, 11) is 0. The number of pyridine rings is 1. The van der Waals surface area contributed by atoms with Crippen molar-refractivity contribution in [2.75, 3.05) is 32.8 Å². The van der Waals surface area contributed by atoms with Gasteiger partial charge in [-0.25, -0.2) is 4.98 Å². The molecule has 1 amide bonds. The van der Waals surface area contributed by atoms with Gasteiger partial charge in [0.15, 0.2) is 0 Å². The second kappa shape index (κ2) is 18.2. The van der Waals surface area contributed by atoms with E-state index in [2.05, 4.69) is 84.4 Å². The fraction of sp³-hybridized carbons (Fsp3) is 0.256. The van der Waals surface area contributed by atoms with Crippen molar-refractivity contribution in [2.24, 2.45) is 0 Å². The van der Waals surface area contributed by atoms with Gasteiger partial charge in [0.05, 0.1) is 12.8 Å². The highest BCUT2D eigenvalue weighted by atomic mass is 35.5. The Kier molecular flexibility index (Phi) is 13.3. The lowest BCUT2D eigenvalue weighted by molar-refractivity contribution is -0.127. The van der Waals surface area contributed by atoms with E-state index in [4.69, 9.17) is 14.2 Å². The van der Waals surface area contributed by atoms with Gasteiger partial charge in [0.25, 0.3) is 0 Å². The molecule has 0 radical (unpaired) electrons. The molecule has 4 aromatic carbocycles. The first kappa shape index (κ1) is 37.2. The van der Waals surface area contributed by atoms with Crippen LogP contribution in [0.5, 0.6) is 23.1 Å². The van der Waals surface area contributed by atoms with Crippen LogP contribution in [0.25, 0.3) is 6.08 Å². The summed E-state index contributed by atoms with van der Waals surface area (Å²) in [6, 6.07) is 34.7. The highest BCUT2D eigenvalue weighted by molar-refractivity contribution is 5.92. The first-order chi connectivity index (χ1) is 24.4. The predicted octanol–water partition coefficient (Wildman–Crippen LogP) is 8.78. The van der Waals surface area contributed by atoms with Crippen molar-refractivity contribution in [1.29, 1.82) is 0 Å². The number of ether oxygens (including phenoxy) is 3. The predicted molar refractivity (Wildman–Crippen MR) is 206 cm³/mol. The Morgan fingerprint density at radius 1 is 0.706 bits per heavy atom. The molecule has 1 aliphatic heterocycles. The minimum Gasteiger partial charge on any atom is -0.493 e. The molecule has 0 spiro atoms. The smallest absolute Gasteiger partial charge is 0.246 e. The van der Waals surface area contributed by atoms with Crippen molar-refractivity contribution in [3.8, 4) is 23.1 Å². The minimum atomic E-state index is 0. The van der Waals surface area contributed by atoms with E-state index in [-0.39, 0.29) is 18.3 Å². The van der Waals surface area contributed by atoms with Crippen LogP contribution in [0.4, 0.5) is 0 Å². The van der Waals surface area contributed by atoms with E-state index in [1.54, 1.807) is 18.3 Å². The third-order valence-electron chi connectivity index (χ3n) is 8.90. The van der Waals surface area contributed by atoms with Crippen LogP contribution in [0.15, 0.2) is 115 Å². The molecule has 1 fully saturated rings. The van der Waals surface area contributed by atoms with Gasteiger partial charge in [-0.05, 0) is 85.0 Å². The molecule has 2 heterocycles. The maximum absolute atomic E-state index is 13.0. The zero-order valence-corrected chi connectivity index (χ0v) is 30.4. The summed E-state index contributed by atoms with van der Waals surface area (Å²) < 4.78 is 17.7. The second-order valence-electron chi connectivity index (χ2n) is 12.9. The van der Waals surface area contributed by atoms with Crippen LogP contribution in [0, 0.1) is 20.8 Å². The normalized spacial score (nSPS) is 13.1. The molecule has 0 bridgehead atoms. The van der Waals surface area contributed by atoms with Crippen molar-refractivity contribution in [1.82, 2.24) is 14.8 Å². The van der Waals surface area contributed by atoms with Crippen LogP contribution in [0.3, 0.4) is 0 Å². The number of amides is 1. The van der Waals surface area contributed by atoms with Crippen LogP contribution in [0.2, 0.25) is 0 Å². The molecule has 6 rings (SSSR count). The van der Waals surface area contributed by atoms with Crippen molar-refractivity contribution in [3.05, 3.63) is 154 Å². The number of aryl methyl sites for hydroxylation is 3. The van der Waals surface area contributed by atoms with E-state index < -0.39 is 0 Å². The highest BCUT2D eigenvalue weighted by Crippen LogP contribution is 2.25. The van der Waals surface area contributed by atoms with Crippen LogP contribution < -0.4 is 14.2 Å². The van der Waals surface area contributed by atoms with E-state index in [9.17, 15) is 4.79 Å². The summed E-state index contributed by atoms with van der Waals surface area (Å²) >= 11 is 0. The molecular formula is C43H46ClN3O4. The molecule has 0 atom stereocenters. The first-order valence-corrected chi connectivity index (χ1v) is 17.3. The van der Waals surface area contributed by atoms with Crippen molar-refractivity contribution < 1.29 is 19.0 Å². The van der Waals surface area contributed by atoms with E-state index in [1.165, 1.54) is 22.3 Å². The fourth-order valence-electron chi connectivity index (χ4n) is 5.77. The lowest BCUT2D eigenvalue weighted by atomic mass is 10.1. The maximum atomic E-state index is 13.0. The summed E-state index contributed by atoms with van der Waals surface area (Å²) in [6.45, 7) is 11.3. The van der Waals surface area contributed by atoms with E-state index in [0.29, 0.717) is 43.7 Å². The Hall–Kier alpha value is -5.11. The van der Waals surface area contributed by atoms with Crippen molar-refractivity contribution in [2.45, 2.75) is 40.3 Å². The van der Waals surface area contributed by atoms with Gasteiger partial charge in [-0.15, -0.1) is 12.4 Å². The summed E-state index contributed by atoms with van der Waals surface area (Å²) in [5, 5.41) is 0. The SMILES string of the molecule is Cc1ccc(COc2ccc(Oc3ccc(C=CC(=O)N4CCN(Cc5ccc(CCOc6ccc(C)cc6)cc5)CC4)c(C)c3)nc2)cc1.Cl. The maximum Gasteiger partial charge on any atom is 0.246 e. The van der Waals surface area contributed by atoms with Crippen LogP contribution in [-0.2, 0) is 24.4 Å². The molecule has 7 nitrogen and oxygen atoms in total. The Balaban J connectivity index is 0.00000504. The number of halogens is 1. The molecule has 0 N–H and O–H groups in total. The molecule has 0 saturated carbocycles. The monoisotopic (exact) mass is 703 g/mol. The summed E-state index contributed by atoms with van der Waals surface area (Å²) in [4.78, 5) is 21.8. The zero-order valence-electron chi connectivity index (χ0n) is 29.6. The third kappa shape index (κ3) is 11.2. The Labute approximate surface area is 307 Å². The van der Waals surface area contributed by atoms with Gasteiger partial charge in [0, 0.05) is 51.3 Å². The molecule has 264 valence electrons. The second-order valence-corrected chi connectivity index (χ2v) is 12.9. The van der Waals surface area contributed by atoms with Crippen molar-refractivity contribution in [3.63, 3.8) is 0 Å². The number of piperazine rings is 1. The molecule has 8 heteroatoms. The Bertz CT molecular complexity index is 1870. The lowest BCUT2D eigenvalue weighted by Gasteiger charge is -2.34. The Morgan fingerprint density at radius 3 is 2.00 bits per heavy atom. The van der Waals surface area contributed by atoms with Crippen LogP contribution in [-0.4, -0.2) is 53.5 Å². The van der Waals surface area contributed by atoms with Crippen molar-refractivity contribution >= 4 is 24.4 Å². The molecular weight excluding hydrogens is 658 g/mol. The Morgan fingerprint density at radius 2 is 1.33 bits per heavy atom. The van der Waals surface area contributed by atoms with E-state index in [0.717, 1.165) is 48.5 Å². The molecule has 1 aromatic heterocycles. The number of aromatic nitrogens is 1. The largest absolute Gasteiger partial charge is 0.493 e. The highest BCUT2D eigenvalue weighted by Gasteiger charge is 2.19. The molecule has 51 heavy (non-hydrogen) atoms. The van der Waals surface area contributed by atoms with Gasteiger partial charge in [0.1, 0.15) is 23.9 Å². The van der Waals surface area contributed by atoms with E-state index in [1.807, 2.05) is 54.3 Å². The number of hydrogen-bond donors (Lipinski definition) is 0. The van der Waals surface area contributed by atoms with Gasteiger partial charge in [0.2, 0.25) is 11.8 Å². The average Bonchev–Trinajstić information content (AvgIpc) is 3.13. The molecule has 1 aliphatic rings. The minimum absolute atomic E-state index is 0. The molecule has 5 aromatic rings. The number of carbonyl (C=O) groups is 1. The van der Waals surface area contributed by atoms with Gasteiger partial charge in [-0.3, -0.25) is 9.69 Å². The quantitative estimate of drug-likeness (QED) is 0.114. The topological polar surface area (TPSA) is 64.1 Å². The zero-order chi connectivity index (χ0) is 34.7. The van der Waals surface area contributed by atoms with Gasteiger partial charge < -0.3 is 19.1 Å². The fourth-order valence-corrected chi connectivity index (χ4v) is 5.77. The van der Waals surface area contributed by atoms with Crippen LogP contribution in [0.1, 0.15) is 38.9 Å². The summed E-state index contributed by atoms with van der Waals surface area (Å²) in [6.07, 6.45) is 6.11. The average molecular weight is 704 g/mol. The molecule has 1 saturated heterocycles. The molecule has 0 aliphatic carbocycles. The van der Waals surface area contributed by atoms with Gasteiger partial charge >= 0.3 is 0 Å². The third-order valence-corrected chi connectivity index (χ3v) is 8.90. The number of nitrogens with zero attached hydrogens (tertiary/aromatic N) is 3. The summed E-state index contributed by atoms with van der Waals surface area (Å²) in [5.41, 5.74) is 8.10. The lowest BCUT2D eigenvalue weighted by Crippen LogP contribution is -2.47. The van der Waals surface area contributed by atoms with Gasteiger partial charge in [-0.1, -0.05) is 77.9 Å². The first-order valence-electron chi connectivity index (χ1n) is 17.3. The number of hydrogen-bond acceptors (Lipinski definition) is 6. The standard InChI is InChI=1S/C43H45N3O4.ClH/c1-32-4-8-37(9-5-32)31-49-41-19-20-42(44-29-41)50-40-18-14-38(34(3)28-40)15-21-43(47)46-25-23-45(24-26-46)30-36-12-10-35(11-13-36)22-27-48-39-16-6-33(2)7-17-39;/h4-21,28-29H,22-27,30-31H2,1-3H3;1H. The molecule has 0 unspecified atom stereocenters. The summed E-state index contributed by atoms with van der Waals surface area (Å²) in [5.74, 6) is 2.80. The van der Waals surface area contributed by atoms with Gasteiger partial charge in [-0.2, -0.15) is 0 Å². The van der Waals surface area contributed by atoms with E-state index >= 15 is 0 Å².